The number of carboxylic acids is 1. The number of aliphatic carboxylic acids is 1. The molecule has 2 rings (SSSR count). The highest BCUT2D eigenvalue weighted by atomic mass is 16.4. The van der Waals surface area contributed by atoms with E-state index < -0.39 is 5.97 Å². The Bertz CT molecular complexity index is 380. The molecule has 1 saturated heterocycles. The molecule has 120 valence electrons. The van der Waals surface area contributed by atoms with Gasteiger partial charge in [-0.2, -0.15) is 0 Å². The summed E-state index contributed by atoms with van der Waals surface area (Å²) in [5, 5.41) is 11.9. The highest BCUT2D eigenvalue weighted by Gasteiger charge is 2.41. The van der Waals surface area contributed by atoms with Crippen LogP contribution in [-0.4, -0.2) is 41.6 Å². The Kier molecular flexibility index (Phi) is 5.48. The fourth-order valence-electron chi connectivity index (χ4n) is 3.41. The van der Waals surface area contributed by atoms with Crippen molar-refractivity contribution in [1.82, 2.24) is 10.2 Å². The average molecular weight is 296 g/mol. The van der Waals surface area contributed by atoms with E-state index in [0.29, 0.717) is 24.3 Å². The number of carboxylic acid groups (broad SMARTS) is 1. The molecule has 2 fully saturated rings. The van der Waals surface area contributed by atoms with Gasteiger partial charge in [-0.3, -0.25) is 4.79 Å². The number of likely N-dealkylation sites (tertiary alicyclic amines) is 1. The van der Waals surface area contributed by atoms with Crippen molar-refractivity contribution >= 4 is 12.0 Å². The number of urea groups is 1. The maximum atomic E-state index is 12.3. The van der Waals surface area contributed by atoms with Crippen LogP contribution >= 0.6 is 0 Å². The molecule has 1 saturated carbocycles. The Balaban J connectivity index is 1.73. The van der Waals surface area contributed by atoms with Gasteiger partial charge in [-0.1, -0.05) is 13.3 Å². The monoisotopic (exact) mass is 296 g/mol. The molecule has 0 spiro atoms. The number of carbonyl (C=O) groups excluding carboxylic acids is 1. The zero-order chi connectivity index (χ0) is 15.3. The summed E-state index contributed by atoms with van der Waals surface area (Å²) in [4.78, 5) is 24.8. The van der Waals surface area contributed by atoms with Crippen LogP contribution in [0.15, 0.2) is 0 Å². The second-order valence-corrected chi connectivity index (χ2v) is 6.80. The molecule has 1 unspecified atom stereocenters. The van der Waals surface area contributed by atoms with Crippen LogP contribution < -0.4 is 5.32 Å². The smallest absolute Gasteiger partial charge is 0.317 e. The van der Waals surface area contributed by atoms with Gasteiger partial charge in [0, 0.05) is 26.1 Å². The lowest BCUT2D eigenvalue weighted by molar-refractivity contribution is -0.137. The number of piperidine rings is 1. The maximum absolute atomic E-state index is 12.3. The van der Waals surface area contributed by atoms with Crippen LogP contribution in [-0.2, 0) is 4.79 Å². The van der Waals surface area contributed by atoms with E-state index in [4.69, 9.17) is 5.11 Å². The van der Waals surface area contributed by atoms with Crippen molar-refractivity contribution in [3.8, 4) is 0 Å². The van der Waals surface area contributed by atoms with Gasteiger partial charge in [0.25, 0.3) is 0 Å². The fraction of sp³-hybridized carbons (Fsp3) is 0.875. The summed E-state index contributed by atoms with van der Waals surface area (Å²) in [6, 6.07) is 0.0393. The van der Waals surface area contributed by atoms with Crippen LogP contribution in [0.3, 0.4) is 0 Å². The van der Waals surface area contributed by atoms with E-state index in [-0.39, 0.29) is 12.5 Å². The second kappa shape index (κ2) is 7.14. The van der Waals surface area contributed by atoms with Gasteiger partial charge in [-0.25, -0.2) is 4.79 Å². The predicted molar refractivity (Wildman–Crippen MR) is 81.1 cm³/mol. The lowest BCUT2D eigenvalue weighted by atomic mass is 9.93. The highest BCUT2D eigenvalue weighted by Crippen LogP contribution is 2.48. The Hall–Kier alpha value is -1.26. The first-order valence-corrected chi connectivity index (χ1v) is 8.29. The van der Waals surface area contributed by atoms with Gasteiger partial charge in [0.2, 0.25) is 0 Å². The van der Waals surface area contributed by atoms with Crippen molar-refractivity contribution in [1.29, 1.82) is 0 Å². The molecule has 2 N–H and O–H groups in total. The quantitative estimate of drug-likeness (QED) is 0.759. The molecule has 0 radical (unpaired) electrons. The van der Waals surface area contributed by atoms with Crippen molar-refractivity contribution in [3.63, 3.8) is 0 Å². The summed E-state index contributed by atoms with van der Waals surface area (Å²) in [5.74, 6) is -0.405. The molecule has 2 aliphatic rings. The first kappa shape index (κ1) is 16.1. The van der Waals surface area contributed by atoms with Crippen molar-refractivity contribution in [3.05, 3.63) is 0 Å². The van der Waals surface area contributed by atoms with Crippen molar-refractivity contribution in [2.75, 3.05) is 19.6 Å². The first-order chi connectivity index (χ1) is 10.0. The molecule has 0 bridgehead atoms. The van der Waals surface area contributed by atoms with Crippen LogP contribution in [0, 0.1) is 11.3 Å². The summed E-state index contributed by atoms with van der Waals surface area (Å²) < 4.78 is 0. The van der Waals surface area contributed by atoms with Gasteiger partial charge in [-0.05, 0) is 49.9 Å². The Labute approximate surface area is 127 Å². The van der Waals surface area contributed by atoms with E-state index in [1.54, 1.807) is 0 Å². The normalized spacial score (nSPS) is 23.7. The Morgan fingerprint density at radius 3 is 2.76 bits per heavy atom. The highest BCUT2D eigenvalue weighted by molar-refractivity contribution is 5.74. The molecule has 5 nitrogen and oxygen atoms in total. The van der Waals surface area contributed by atoms with Crippen LogP contribution in [0.5, 0.6) is 0 Å². The fourth-order valence-corrected chi connectivity index (χ4v) is 3.41. The molecule has 2 amide bonds. The number of nitrogens with one attached hydrogen (secondary N) is 1. The Morgan fingerprint density at radius 1 is 1.38 bits per heavy atom. The summed E-state index contributed by atoms with van der Waals surface area (Å²) in [6.45, 7) is 4.51. The molecule has 1 heterocycles. The molecular weight excluding hydrogens is 268 g/mol. The topological polar surface area (TPSA) is 69.6 Å². The van der Waals surface area contributed by atoms with Crippen LogP contribution in [0.4, 0.5) is 4.79 Å². The van der Waals surface area contributed by atoms with Crippen molar-refractivity contribution in [2.24, 2.45) is 11.3 Å². The molecule has 0 aromatic heterocycles. The van der Waals surface area contributed by atoms with E-state index in [1.807, 2.05) is 4.90 Å². The minimum Gasteiger partial charge on any atom is -0.481 e. The Morgan fingerprint density at radius 2 is 2.14 bits per heavy atom. The summed E-state index contributed by atoms with van der Waals surface area (Å²) in [6.07, 6.45) is 7.77. The number of rotatable bonds is 7. The summed E-state index contributed by atoms with van der Waals surface area (Å²) >= 11 is 0. The number of hydrogen-bond donors (Lipinski definition) is 2. The molecule has 1 atom stereocenters. The van der Waals surface area contributed by atoms with Crippen LogP contribution in [0.2, 0.25) is 0 Å². The third kappa shape index (κ3) is 4.90. The van der Waals surface area contributed by atoms with Gasteiger partial charge < -0.3 is 15.3 Å². The molecule has 21 heavy (non-hydrogen) atoms. The van der Waals surface area contributed by atoms with Crippen molar-refractivity contribution in [2.45, 2.75) is 58.3 Å². The number of amides is 2. The first-order valence-electron chi connectivity index (χ1n) is 8.29. The van der Waals surface area contributed by atoms with E-state index in [2.05, 4.69) is 12.2 Å². The third-order valence-corrected chi connectivity index (χ3v) is 4.92. The molecular formula is C16H28N2O3. The zero-order valence-corrected chi connectivity index (χ0v) is 13.1. The second-order valence-electron chi connectivity index (χ2n) is 6.80. The third-order valence-electron chi connectivity index (χ3n) is 4.92. The van der Waals surface area contributed by atoms with Crippen LogP contribution in [0.25, 0.3) is 0 Å². The number of hydrogen-bond acceptors (Lipinski definition) is 2. The lowest BCUT2D eigenvalue weighted by Gasteiger charge is -2.33. The zero-order valence-electron chi connectivity index (χ0n) is 13.1. The minimum absolute atomic E-state index is 0.0393. The van der Waals surface area contributed by atoms with Gasteiger partial charge in [0.1, 0.15) is 0 Å². The predicted octanol–water partition coefficient (Wildman–Crippen LogP) is 2.85. The largest absolute Gasteiger partial charge is 0.481 e. The maximum Gasteiger partial charge on any atom is 0.317 e. The van der Waals surface area contributed by atoms with Gasteiger partial charge in [-0.15, -0.1) is 0 Å². The molecule has 5 heteroatoms. The van der Waals surface area contributed by atoms with Crippen molar-refractivity contribution < 1.29 is 14.7 Å². The van der Waals surface area contributed by atoms with Crippen LogP contribution in [0.1, 0.15) is 58.3 Å². The summed E-state index contributed by atoms with van der Waals surface area (Å²) in [5.41, 5.74) is 0.378. The van der Waals surface area contributed by atoms with Gasteiger partial charge in [0.05, 0.1) is 0 Å². The van der Waals surface area contributed by atoms with E-state index >= 15 is 0 Å². The van der Waals surface area contributed by atoms with Gasteiger partial charge >= 0.3 is 12.0 Å². The molecule has 1 aliphatic heterocycles. The number of carbonyl (C=O) groups is 2. The van der Waals surface area contributed by atoms with E-state index in [1.165, 1.54) is 25.7 Å². The lowest BCUT2D eigenvalue weighted by Crippen LogP contribution is -2.46. The minimum atomic E-state index is -0.744. The number of nitrogens with zero attached hydrogens (tertiary/aromatic N) is 1. The molecule has 0 aromatic carbocycles. The van der Waals surface area contributed by atoms with Gasteiger partial charge in [0.15, 0.2) is 0 Å². The molecule has 0 aromatic rings. The molecule has 1 aliphatic carbocycles. The standard InChI is InChI=1S/C16H28N2O3/c1-2-7-16(8-9-16)12-17-15(21)18-10-3-4-13(11-18)5-6-14(19)20/h13H,2-12H2,1H3,(H,17,21)(H,19,20). The average Bonchev–Trinajstić information content (AvgIpc) is 3.23. The summed E-state index contributed by atoms with van der Waals surface area (Å²) in [7, 11) is 0. The van der Waals surface area contributed by atoms with E-state index in [0.717, 1.165) is 25.9 Å². The SMILES string of the molecule is CCCC1(CNC(=O)N2CCCC(CCC(=O)O)C2)CC1. The van der Waals surface area contributed by atoms with E-state index in [9.17, 15) is 9.59 Å².